The van der Waals surface area contributed by atoms with Crippen molar-refractivity contribution in [3.05, 3.63) is 27.8 Å². The number of hydrogen-bond acceptors (Lipinski definition) is 4. The summed E-state index contributed by atoms with van der Waals surface area (Å²) in [6, 6.07) is 3.05. The van der Waals surface area contributed by atoms with Gasteiger partial charge in [-0.15, -0.1) is 0 Å². The lowest BCUT2D eigenvalue weighted by molar-refractivity contribution is -0.383. The Morgan fingerprint density at radius 1 is 1.60 bits per heavy atom. The normalized spacial score (nSPS) is 18.5. The van der Waals surface area contributed by atoms with E-state index in [-0.39, 0.29) is 17.3 Å². The number of anilines is 2. The van der Waals surface area contributed by atoms with Crippen LogP contribution in [0.1, 0.15) is 18.4 Å². The van der Waals surface area contributed by atoms with E-state index in [1.165, 1.54) is 6.07 Å². The fourth-order valence-electron chi connectivity index (χ4n) is 1.63. The molecule has 15 heavy (non-hydrogen) atoms. The van der Waals surface area contributed by atoms with Gasteiger partial charge in [-0.1, -0.05) is 19.1 Å². The number of nitrogens with one attached hydrogen (secondary N) is 1. The van der Waals surface area contributed by atoms with Crippen LogP contribution in [0.3, 0.4) is 0 Å². The molecular formula is C9H9N3O2S. The number of nitro benzene ring substituents is 1. The lowest BCUT2D eigenvalue weighted by Crippen LogP contribution is -2.05. The Morgan fingerprint density at radius 3 is 2.87 bits per heavy atom. The highest BCUT2D eigenvalue weighted by atomic mass is 32.1. The number of hydrogen-bond donors (Lipinski definition) is 2. The predicted molar refractivity (Wildman–Crippen MR) is 62.1 cm³/mol. The minimum atomic E-state index is -0.497. The molecule has 0 fully saturated rings. The summed E-state index contributed by atoms with van der Waals surface area (Å²) in [6.45, 7) is 1.94. The third kappa shape index (κ3) is 1.42. The number of nitrogens with two attached hydrogens (primary N) is 1. The molecule has 1 aromatic carbocycles. The van der Waals surface area contributed by atoms with Gasteiger partial charge in [0, 0.05) is 17.7 Å². The highest BCUT2D eigenvalue weighted by Gasteiger charge is 2.27. The molecule has 0 aliphatic carbocycles. The molecule has 78 valence electrons. The lowest BCUT2D eigenvalue weighted by Gasteiger charge is -2.03. The molecule has 3 N–H and O–H groups in total. The van der Waals surface area contributed by atoms with Crippen LogP contribution in [0.5, 0.6) is 0 Å². The molecule has 2 rings (SSSR count). The summed E-state index contributed by atoms with van der Waals surface area (Å²) in [5.74, 6) is 0.0677. The van der Waals surface area contributed by atoms with Gasteiger partial charge < -0.3 is 11.1 Å². The monoisotopic (exact) mass is 223 g/mol. The van der Waals surface area contributed by atoms with E-state index >= 15 is 0 Å². The Morgan fingerprint density at radius 2 is 2.27 bits per heavy atom. The molecule has 1 aromatic rings. The zero-order chi connectivity index (χ0) is 11.2. The summed E-state index contributed by atoms with van der Waals surface area (Å²) < 4.78 is 0. The largest absolute Gasteiger partial charge is 0.393 e. The van der Waals surface area contributed by atoms with Gasteiger partial charge in [0.05, 0.1) is 9.91 Å². The van der Waals surface area contributed by atoms with Crippen LogP contribution in [0.4, 0.5) is 17.1 Å². The van der Waals surface area contributed by atoms with Gasteiger partial charge in [-0.25, -0.2) is 0 Å². The van der Waals surface area contributed by atoms with E-state index < -0.39 is 4.92 Å². The second kappa shape index (κ2) is 3.16. The van der Waals surface area contributed by atoms with Gasteiger partial charge in [0.1, 0.15) is 5.69 Å². The highest BCUT2D eigenvalue weighted by molar-refractivity contribution is 7.80. The van der Waals surface area contributed by atoms with E-state index in [0.717, 1.165) is 5.56 Å². The third-order valence-corrected chi connectivity index (χ3v) is 2.97. The molecule has 0 aromatic heterocycles. The molecule has 0 bridgehead atoms. The summed E-state index contributed by atoms with van der Waals surface area (Å²) in [7, 11) is 0. The SMILES string of the molecule is CC1C(=S)Nc2cc([N+](=O)[O-])c(N)cc21. The van der Waals surface area contributed by atoms with Crippen LogP contribution in [0.15, 0.2) is 12.1 Å². The van der Waals surface area contributed by atoms with Crippen LogP contribution in [0.25, 0.3) is 0 Å². The van der Waals surface area contributed by atoms with Crippen LogP contribution >= 0.6 is 12.2 Å². The molecule has 1 unspecified atom stereocenters. The van der Waals surface area contributed by atoms with E-state index in [4.69, 9.17) is 18.0 Å². The molecule has 0 radical (unpaired) electrons. The maximum Gasteiger partial charge on any atom is 0.294 e. The van der Waals surface area contributed by atoms with Crippen molar-refractivity contribution in [1.82, 2.24) is 0 Å². The Hall–Kier alpha value is -1.69. The zero-order valence-corrected chi connectivity index (χ0v) is 8.80. The fraction of sp³-hybridized carbons (Fsp3) is 0.222. The quantitative estimate of drug-likeness (QED) is 0.329. The Balaban J connectivity index is 2.59. The first kappa shape index (κ1) is 9.85. The van der Waals surface area contributed by atoms with Gasteiger partial charge in [0.15, 0.2) is 0 Å². The van der Waals surface area contributed by atoms with Gasteiger partial charge in [-0.05, 0) is 11.6 Å². The van der Waals surface area contributed by atoms with Crippen molar-refractivity contribution < 1.29 is 4.92 Å². The van der Waals surface area contributed by atoms with Crippen molar-refractivity contribution in [2.75, 3.05) is 11.1 Å². The Bertz CT molecular complexity index is 473. The van der Waals surface area contributed by atoms with Crippen molar-refractivity contribution in [1.29, 1.82) is 0 Å². The van der Waals surface area contributed by atoms with Gasteiger partial charge in [-0.3, -0.25) is 10.1 Å². The fourth-order valence-corrected chi connectivity index (χ4v) is 1.87. The maximum atomic E-state index is 10.6. The number of nitrogens with zero attached hydrogens (tertiary/aromatic N) is 1. The second-order valence-corrected chi connectivity index (χ2v) is 3.91. The predicted octanol–water partition coefficient (Wildman–Crippen LogP) is 2.03. The smallest absolute Gasteiger partial charge is 0.294 e. The summed E-state index contributed by atoms with van der Waals surface area (Å²) in [5, 5.41) is 13.6. The first-order valence-electron chi connectivity index (χ1n) is 4.39. The Kier molecular flexibility index (Phi) is 2.08. The molecule has 6 heteroatoms. The molecule has 5 nitrogen and oxygen atoms in total. The van der Waals surface area contributed by atoms with Gasteiger partial charge in [0.25, 0.3) is 5.69 Å². The molecule has 1 aliphatic heterocycles. The van der Waals surface area contributed by atoms with Crippen LogP contribution in [-0.4, -0.2) is 9.91 Å². The van der Waals surface area contributed by atoms with Crippen molar-refractivity contribution in [3.8, 4) is 0 Å². The van der Waals surface area contributed by atoms with E-state index in [0.29, 0.717) is 10.7 Å². The topological polar surface area (TPSA) is 81.2 Å². The van der Waals surface area contributed by atoms with E-state index in [1.54, 1.807) is 6.07 Å². The van der Waals surface area contributed by atoms with Crippen molar-refractivity contribution >= 4 is 34.3 Å². The summed E-state index contributed by atoms with van der Waals surface area (Å²) in [4.78, 5) is 10.8. The second-order valence-electron chi connectivity index (χ2n) is 3.47. The zero-order valence-electron chi connectivity index (χ0n) is 7.98. The van der Waals surface area contributed by atoms with E-state index in [1.807, 2.05) is 6.92 Å². The number of fused-ring (bicyclic) bond motifs is 1. The number of nitro groups is 1. The Labute approximate surface area is 91.4 Å². The highest BCUT2D eigenvalue weighted by Crippen LogP contribution is 2.38. The van der Waals surface area contributed by atoms with Crippen LogP contribution in [-0.2, 0) is 0 Å². The maximum absolute atomic E-state index is 10.6. The molecule has 0 saturated heterocycles. The van der Waals surface area contributed by atoms with Crippen LogP contribution in [0, 0.1) is 10.1 Å². The minimum Gasteiger partial charge on any atom is -0.393 e. The van der Waals surface area contributed by atoms with E-state index in [9.17, 15) is 10.1 Å². The summed E-state index contributed by atoms with van der Waals surface area (Å²) >= 11 is 5.08. The van der Waals surface area contributed by atoms with E-state index in [2.05, 4.69) is 5.32 Å². The van der Waals surface area contributed by atoms with Crippen LogP contribution < -0.4 is 11.1 Å². The average Bonchev–Trinajstić information content (AvgIpc) is 2.43. The summed E-state index contributed by atoms with van der Waals surface area (Å²) in [5.41, 5.74) is 7.29. The lowest BCUT2D eigenvalue weighted by atomic mass is 10.0. The number of rotatable bonds is 1. The van der Waals surface area contributed by atoms with Crippen molar-refractivity contribution in [3.63, 3.8) is 0 Å². The molecule has 1 heterocycles. The average molecular weight is 223 g/mol. The minimum absolute atomic E-state index is 0.0677. The number of nitrogen functional groups attached to an aromatic ring is 1. The number of benzene rings is 1. The van der Waals surface area contributed by atoms with Gasteiger partial charge in [-0.2, -0.15) is 0 Å². The molecule has 1 atom stereocenters. The molecule has 0 amide bonds. The van der Waals surface area contributed by atoms with Gasteiger partial charge in [0.2, 0.25) is 0 Å². The van der Waals surface area contributed by atoms with Crippen molar-refractivity contribution in [2.45, 2.75) is 12.8 Å². The molecule has 0 saturated carbocycles. The standard InChI is InChI=1S/C9H9N3O2S/c1-4-5-2-6(10)8(12(13)14)3-7(5)11-9(4)15/h2-4H,10H2,1H3,(H,11,15). The van der Waals surface area contributed by atoms with Crippen LogP contribution in [0.2, 0.25) is 0 Å². The number of thiocarbonyl (C=S) groups is 1. The third-order valence-electron chi connectivity index (χ3n) is 2.51. The molecule has 0 spiro atoms. The summed E-state index contributed by atoms with van der Waals surface area (Å²) in [6.07, 6.45) is 0. The van der Waals surface area contributed by atoms with Crippen molar-refractivity contribution in [2.24, 2.45) is 0 Å². The first-order chi connectivity index (χ1) is 7.00. The molecular weight excluding hydrogens is 214 g/mol. The molecule has 1 aliphatic rings. The van der Waals surface area contributed by atoms with Gasteiger partial charge >= 0.3 is 0 Å². The first-order valence-corrected chi connectivity index (χ1v) is 4.80.